The number of amides is 1. The molecule has 1 N–H and O–H groups in total. The fourth-order valence-electron chi connectivity index (χ4n) is 1.95. The Hall–Kier alpha value is -1.37. The normalized spacial score (nSPS) is 12.8. The predicted molar refractivity (Wildman–Crippen MR) is 86.2 cm³/mol. The summed E-state index contributed by atoms with van der Waals surface area (Å²) in [5.41, 5.74) is -0.632. The molecule has 0 aliphatic heterocycles. The van der Waals surface area contributed by atoms with Crippen molar-refractivity contribution >= 4 is 17.9 Å². The molecule has 0 saturated carbocycles. The lowest BCUT2D eigenvalue weighted by molar-refractivity contribution is 0.0503. The van der Waals surface area contributed by atoms with Crippen LogP contribution in [0.5, 0.6) is 0 Å². The summed E-state index contributed by atoms with van der Waals surface area (Å²) in [5.74, 6) is -2.44. The molecule has 7 heteroatoms. The van der Waals surface area contributed by atoms with Gasteiger partial charge in [0.25, 0.3) is 0 Å². The maximum atomic E-state index is 13.8. The second-order valence-corrected chi connectivity index (χ2v) is 7.17. The highest BCUT2D eigenvalue weighted by atomic mass is 32.2. The van der Waals surface area contributed by atoms with Crippen LogP contribution >= 0.6 is 11.8 Å². The molecule has 1 atom stereocenters. The van der Waals surface area contributed by atoms with Crippen LogP contribution in [0.25, 0.3) is 0 Å². The first-order valence-corrected chi connectivity index (χ1v) is 8.63. The van der Waals surface area contributed by atoms with Gasteiger partial charge in [0.1, 0.15) is 11.4 Å². The second-order valence-electron chi connectivity index (χ2n) is 6.19. The molecule has 1 aromatic rings. The van der Waals surface area contributed by atoms with Gasteiger partial charge in [-0.15, -0.1) is 0 Å². The number of thioether (sulfide) groups is 1. The van der Waals surface area contributed by atoms with Crippen LogP contribution in [0.1, 0.15) is 32.8 Å². The lowest BCUT2D eigenvalue weighted by atomic mass is 10.0. The Labute approximate surface area is 139 Å². The van der Waals surface area contributed by atoms with Gasteiger partial charge in [0.2, 0.25) is 0 Å². The Morgan fingerprint density at radius 1 is 1.22 bits per heavy atom. The van der Waals surface area contributed by atoms with Crippen molar-refractivity contribution in [3.05, 3.63) is 35.1 Å². The zero-order chi connectivity index (χ0) is 17.6. The molecule has 1 rings (SSSR count). The summed E-state index contributed by atoms with van der Waals surface area (Å²) in [4.78, 5) is 11.9. The number of hydrogen-bond acceptors (Lipinski definition) is 3. The molecule has 1 unspecified atom stereocenters. The maximum absolute atomic E-state index is 13.8. The number of alkyl carbamates (subject to hydrolysis) is 1. The van der Waals surface area contributed by atoms with Crippen molar-refractivity contribution in [1.29, 1.82) is 0 Å². The highest BCUT2D eigenvalue weighted by Gasteiger charge is 2.21. The number of benzene rings is 1. The lowest BCUT2D eigenvalue weighted by Crippen LogP contribution is -2.40. The van der Waals surface area contributed by atoms with Crippen LogP contribution in [0.4, 0.5) is 18.0 Å². The average Bonchev–Trinajstić information content (AvgIpc) is 2.39. The molecule has 1 aromatic carbocycles. The van der Waals surface area contributed by atoms with Crippen LogP contribution < -0.4 is 5.32 Å². The zero-order valence-electron chi connectivity index (χ0n) is 13.7. The van der Waals surface area contributed by atoms with E-state index in [1.165, 1.54) is 0 Å². The Balaban J connectivity index is 2.82. The van der Waals surface area contributed by atoms with Crippen molar-refractivity contribution in [3.63, 3.8) is 0 Å². The van der Waals surface area contributed by atoms with E-state index in [0.717, 1.165) is 11.8 Å². The van der Waals surface area contributed by atoms with Crippen molar-refractivity contribution in [2.24, 2.45) is 0 Å². The van der Waals surface area contributed by atoms with Crippen molar-refractivity contribution in [3.8, 4) is 0 Å². The summed E-state index contributed by atoms with van der Waals surface area (Å²) in [5, 5.41) is 2.66. The molecule has 0 aliphatic carbocycles. The Kier molecular flexibility index (Phi) is 7.25. The second kappa shape index (κ2) is 8.47. The Bertz CT molecular complexity index is 547. The summed E-state index contributed by atoms with van der Waals surface area (Å²) in [6.45, 7) is 5.20. The standard InChI is InChI=1S/C16H22F3NO2S/c1-16(2,3)22-15(21)20-11(5-6-23-4)7-10-8-13(18)14(19)9-12(10)17/h8-9,11H,5-7H2,1-4H3,(H,20,21). The molecule has 0 radical (unpaired) electrons. The zero-order valence-corrected chi connectivity index (χ0v) is 14.5. The van der Waals surface area contributed by atoms with Gasteiger partial charge in [0, 0.05) is 12.1 Å². The van der Waals surface area contributed by atoms with Crippen LogP contribution in [0.3, 0.4) is 0 Å². The molecular weight excluding hydrogens is 327 g/mol. The summed E-state index contributed by atoms with van der Waals surface area (Å²) in [6.07, 6.45) is 1.90. The maximum Gasteiger partial charge on any atom is 0.407 e. The molecule has 0 saturated heterocycles. The number of nitrogens with one attached hydrogen (secondary N) is 1. The number of ether oxygens (including phenoxy) is 1. The van der Waals surface area contributed by atoms with Gasteiger partial charge in [0.15, 0.2) is 11.6 Å². The largest absolute Gasteiger partial charge is 0.444 e. The van der Waals surface area contributed by atoms with Gasteiger partial charge in [0.05, 0.1) is 0 Å². The molecule has 23 heavy (non-hydrogen) atoms. The molecule has 0 bridgehead atoms. The summed E-state index contributed by atoms with van der Waals surface area (Å²) < 4.78 is 45.2. The number of rotatable bonds is 6. The van der Waals surface area contributed by atoms with Gasteiger partial charge < -0.3 is 10.1 Å². The van der Waals surface area contributed by atoms with Gasteiger partial charge >= 0.3 is 6.09 Å². The minimum Gasteiger partial charge on any atom is -0.444 e. The molecule has 0 fully saturated rings. The minimum atomic E-state index is -1.23. The summed E-state index contributed by atoms with van der Waals surface area (Å²) in [6, 6.07) is 0.911. The average molecular weight is 349 g/mol. The van der Waals surface area contributed by atoms with Crippen LogP contribution in [0.15, 0.2) is 12.1 Å². The molecule has 0 spiro atoms. The van der Waals surface area contributed by atoms with Gasteiger partial charge in [-0.25, -0.2) is 18.0 Å². The topological polar surface area (TPSA) is 38.3 Å². The van der Waals surface area contributed by atoms with Crippen molar-refractivity contribution in [1.82, 2.24) is 5.32 Å². The smallest absolute Gasteiger partial charge is 0.407 e. The Morgan fingerprint density at radius 3 is 2.39 bits per heavy atom. The first-order chi connectivity index (χ1) is 10.6. The van der Waals surface area contributed by atoms with E-state index in [9.17, 15) is 18.0 Å². The third-order valence-corrected chi connectivity index (χ3v) is 3.59. The first kappa shape index (κ1) is 19.7. The van der Waals surface area contributed by atoms with Crippen molar-refractivity contribution < 1.29 is 22.7 Å². The van der Waals surface area contributed by atoms with Crippen LogP contribution in [0, 0.1) is 17.5 Å². The molecule has 0 aliphatic rings. The first-order valence-electron chi connectivity index (χ1n) is 7.24. The molecular formula is C16H22F3NO2S. The van der Waals surface area contributed by atoms with E-state index < -0.39 is 35.2 Å². The number of hydrogen-bond donors (Lipinski definition) is 1. The number of carbonyl (C=O) groups is 1. The molecule has 3 nitrogen and oxygen atoms in total. The summed E-state index contributed by atoms with van der Waals surface area (Å²) in [7, 11) is 0. The minimum absolute atomic E-state index is 0.0195. The van der Waals surface area contributed by atoms with Gasteiger partial charge in [-0.3, -0.25) is 0 Å². The van der Waals surface area contributed by atoms with E-state index in [-0.39, 0.29) is 12.0 Å². The van der Waals surface area contributed by atoms with Gasteiger partial charge in [-0.05, 0) is 57.3 Å². The molecule has 0 heterocycles. The quantitative estimate of drug-likeness (QED) is 0.779. The third kappa shape index (κ3) is 7.16. The van der Waals surface area contributed by atoms with Crippen LogP contribution in [-0.4, -0.2) is 29.7 Å². The van der Waals surface area contributed by atoms with Gasteiger partial charge in [-0.1, -0.05) is 0 Å². The van der Waals surface area contributed by atoms with Gasteiger partial charge in [-0.2, -0.15) is 11.8 Å². The van der Waals surface area contributed by atoms with E-state index in [1.807, 2.05) is 6.26 Å². The van der Waals surface area contributed by atoms with E-state index in [1.54, 1.807) is 32.5 Å². The van der Waals surface area contributed by atoms with E-state index in [0.29, 0.717) is 12.5 Å². The SMILES string of the molecule is CSCCC(Cc1cc(F)c(F)cc1F)NC(=O)OC(C)(C)C. The van der Waals surface area contributed by atoms with Crippen molar-refractivity contribution in [2.75, 3.05) is 12.0 Å². The third-order valence-electron chi connectivity index (χ3n) is 2.95. The van der Waals surface area contributed by atoms with E-state index in [2.05, 4.69) is 5.32 Å². The lowest BCUT2D eigenvalue weighted by Gasteiger charge is -2.24. The highest BCUT2D eigenvalue weighted by molar-refractivity contribution is 7.98. The summed E-state index contributed by atoms with van der Waals surface area (Å²) >= 11 is 1.57. The van der Waals surface area contributed by atoms with E-state index >= 15 is 0 Å². The molecule has 1 amide bonds. The van der Waals surface area contributed by atoms with Crippen LogP contribution in [-0.2, 0) is 11.2 Å². The van der Waals surface area contributed by atoms with Crippen molar-refractivity contribution in [2.45, 2.75) is 45.3 Å². The predicted octanol–water partition coefficient (Wildman–Crippen LogP) is 4.29. The highest BCUT2D eigenvalue weighted by Crippen LogP contribution is 2.17. The fourth-order valence-corrected chi connectivity index (χ4v) is 2.47. The monoisotopic (exact) mass is 349 g/mol. The van der Waals surface area contributed by atoms with Crippen LogP contribution in [0.2, 0.25) is 0 Å². The number of carbonyl (C=O) groups excluding carboxylic acids is 1. The van der Waals surface area contributed by atoms with E-state index in [4.69, 9.17) is 4.74 Å². The molecule has 130 valence electrons. The fraction of sp³-hybridized carbons (Fsp3) is 0.562. The number of halogens is 3. The Morgan fingerprint density at radius 2 is 1.83 bits per heavy atom. The molecule has 0 aromatic heterocycles.